The summed E-state index contributed by atoms with van der Waals surface area (Å²) in [5, 5.41) is 23.3. The maximum atomic E-state index is 11.4. The first-order valence-electron chi connectivity index (χ1n) is 10.2. The van der Waals surface area contributed by atoms with E-state index in [1.54, 1.807) is 42.5 Å². The van der Waals surface area contributed by atoms with E-state index in [9.17, 15) is 14.7 Å². The predicted octanol–water partition coefficient (Wildman–Crippen LogP) is -1.30. The molecule has 0 aliphatic rings. The third-order valence-electron chi connectivity index (χ3n) is 4.53. The first-order valence-corrected chi connectivity index (χ1v) is 10.9. The number of para-hydroxylation sites is 2. The van der Waals surface area contributed by atoms with Crippen molar-refractivity contribution < 1.29 is 49.3 Å². The van der Waals surface area contributed by atoms with Crippen LogP contribution in [-0.2, 0) is 22.7 Å². The minimum absolute atomic E-state index is 0. The number of nitrogens with two attached hydrogens (primary N) is 1. The van der Waals surface area contributed by atoms with E-state index in [2.05, 4.69) is 20.3 Å². The minimum Gasteiger partial charge on any atom is -0.550 e. The van der Waals surface area contributed by atoms with Crippen molar-refractivity contribution >= 4 is 57.7 Å². The Hall–Kier alpha value is -2.64. The first kappa shape index (κ1) is 29.6. The monoisotopic (exact) mass is 542 g/mol. The van der Waals surface area contributed by atoms with Gasteiger partial charge in [0, 0.05) is 18.1 Å². The number of aliphatic hydroxyl groups excluding tert-OH is 1. The van der Waals surface area contributed by atoms with Gasteiger partial charge >= 0.3 is 29.6 Å². The van der Waals surface area contributed by atoms with Crippen molar-refractivity contribution in [3.63, 3.8) is 0 Å². The number of aliphatic carboxylic acids is 1. The zero-order valence-corrected chi connectivity index (χ0v) is 22.7. The van der Waals surface area contributed by atoms with Crippen LogP contribution in [0.2, 0.25) is 10.0 Å². The Kier molecular flexibility index (Phi) is 11.7. The molecule has 5 N–H and O–H groups in total. The Bertz CT molecular complexity index is 1360. The molecule has 0 unspecified atom stereocenters. The van der Waals surface area contributed by atoms with Crippen LogP contribution in [0.4, 0.5) is 17.3 Å². The van der Waals surface area contributed by atoms with E-state index in [0.29, 0.717) is 32.6 Å². The van der Waals surface area contributed by atoms with Gasteiger partial charge in [0.2, 0.25) is 5.95 Å². The van der Waals surface area contributed by atoms with Gasteiger partial charge in [-0.1, -0.05) is 47.5 Å². The fraction of sp³-hybridized carbons (Fsp3) is 0.182. The zero-order valence-electron chi connectivity index (χ0n) is 19.2. The van der Waals surface area contributed by atoms with E-state index >= 15 is 0 Å². The maximum Gasteiger partial charge on any atom is 1.00 e. The quantitative estimate of drug-likeness (QED) is 0.156. The number of halogens is 2. The molecule has 0 aliphatic carbocycles. The Balaban J connectivity index is 0.000000250. The van der Waals surface area contributed by atoms with E-state index in [1.165, 1.54) is 10.9 Å². The molecule has 0 spiro atoms. The number of nitrogens with zero attached hydrogens (tertiary/aromatic N) is 3. The average Bonchev–Trinajstić information content (AvgIpc) is 3.21. The molecule has 2 aromatic heterocycles. The van der Waals surface area contributed by atoms with Crippen molar-refractivity contribution in [1.82, 2.24) is 19.5 Å². The standard InChI is InChI=1S/C14H11Cl2NO2.C8H11N5O3.Na/c15-10-5-3-6-11(16)14(10)17-12-7-2-1-4-9(12)8-13(18)19;9-8-11-6-5(7(15)12-8)10-3-13(6)4-16-2-1-14;/h1-7,17H,8H2,(H,18,19);3,14H,1-2,4H2,(H3,9,11,12,15);/q;;+1/p-1. The molecule has 0 aliphatic heterocycles. The molecule has 0 radical (unpaired) electrons. The number of anilines is 3. The van der Waals surface area contributed by atoms with Crippen LogP contribution in [0.1, 0.15) is 5.56 Å². The molecule has 4 aromatic rings. The van der Waals surface area contributed by atoms with Gasteiger partial charge in [-0.2, -0.15) is 4.98 Å². The van der Waals surface area contributed by atoms with E-state index in [1.807, 2.05) is 0 Å². The Labute approximate surface area is 237 Å². The molecule has 0 atom stereocenters. The molecule has 4 rings (SSSR count). The molecular formula is C22H21Cl2N6NaO5. The molecule has 36 heavy (non-hydrogen) atoms. The van der Waals surface area contributed by atoms with Gasteiger partial charge in [0.15, 0.2) is 11.2 Å². The third kappa shape index (κ3) is 7.93. The number of carboxylic acids is 1. The van der Waals surface area contributed by atoms with Crippen molar-refractivity contribution in [3.8, 4) is 0 Å². The second kappa shape index (κ2) is 14.2. The van der Waals surface area contributed by atoms with E-state index in [0.717, 1.165) is 0 Å². The van der Waals surface area contributed by atoms with E-state index in [-0.39, 0.29) is 72.9 Å². The van der Waals surface area contributed by atoms with Crippen LogP contribution in [0.15, 0.2) is 53.6 Å². The smallest absolute Gasteiger partial charge is 0.550 e. The maximum absolute atomic E-state index is 11.4. The Morgan fingerprint density at radius 1 is 1.19 bits per heavy atom. The van der Waals surface area contributed by atoms with Crippen molar-refractivity contribution in [2.75, 3.05) is 24.3 Å². The topological polar surface area (TPSA) is 171 Å². The fourth-order valence-electron chi connectivity index (χ4n) is 3.00. The van der Waals surface area contributed by atoms with Gasteiger partial charge in [0.05, 0.1) is 35.3 Å². The largest absolute Gasteiger partial charge is 1.00 e. The van der Waals surface area contributed by atoms with Gasteiger partial charge in [0.1, 0.15) is 6.73 Å². The number of hydrogen-bond donors (Lipinski definition) is 4. The number of carbonyl (C=O) groups is 1. The van der Waals surface area contributed by atoms with Crippen LogP contribution in [0, 0.1) is 0 Å². The van der Waals surface area contributed by atoms with Crippen LogP contribution < -0.4 is 51.3 Å². The number of imidazole rings is 1. The van der Waals surface area contributed by atoms with E-state index < -0.39 is 5.97 Å². The summed E-state index contributed by atoms with van der Waals surface area (Å²) in [5.74, 6) is -1.11. The first-order chi connectivity index (χ1) is 16.8. The van der Waals surface area contributed by atoms with Gasteiger partial charge in [-0.15, -0.1) is 0 Å². The van der Waals surface area contributed by atoms with Gasteiger partial charge in [0.25, 0.3) is 5.56 Å². The number of benzene rings is 2. The molecule has 184 valence electrons. The summed E-state index contributed by atoms with van der Waals surface area (Å²) in [6.07, 6.45) is 1.26. The predicted molar refractivity (Wildman–Crippen MR) is 130 cm³/mol. The molecule has 11 nitrogen and oxygen atoms in total. The second-order valence-corrected chi connectivity index (χ2v) is 7.84. The molecule has 0 saturated heterocycles. The molecule has 0 amide bonds. The number of carboxylic acid groups (broad SMARTS) is 1. The molecule has 2 aromatic carbocycles. The number of aromatic amines is 1. The SMILES string of the molecule is Nc1nc2c(ncn2COCCO)c(=O)[nH]1.O=C([O-])Cc1ccccc1Nc1c(Cl)cccc1Cl.[Na+]. The molecule has 2 heterocycles. The van der Waals surface area contributed by atoms with Crippen LogP contribution in [-0.4, -0.2) is 43.8 Å². The summed E-state index contributed by atoms with van der Waals surface area (Å²) >= 11 is 12.1. The number of aliphatic hydroxyl groups is 1. The number of rotatable bonds is 8. The molecule has 0 fully saturated rings. The number of ether oxygens (including phenoxy) is 1. The van der Waals surface area contributed by atoms with Crippen molar-refractivity contribution in [1.29, 1.82) is 0 Å². The summed E-state index contributed by atoms with van der Waals surface area (Å²) in [4.78, 5) is 32.3. The number of fused-ring (bicyclic) bond motifs is 1. The van der Waals surface area contributed by atoms with Gasteiger partial charge < -0.3 is 30.8 Å². The summed E-state index contributed by atoms with van der Waals surface area (Å²) in [7, 11) is 0. The number of aromatic nitrogens is 4. The van der Waals surface area contributed by atoms with Gasteiger partial charge in [-0.05, 0) is 23.8 Å². The third-order valence-corrected chi connectivity index (χ3v) is 5.16. The zero-order chi connectivity index (χ0) is 25.4. The van der Waals surface area contributed by atoms with Crippen molar-refractivity contribution in [2.24, 2.45) is 0 Å². The van der Waals surface area contributed by atoms with Crippen LogP contribution >= 0.6 is 23.2 Å². The molecule has 14 heteroatoms. The minimum atomic E-state index is -1.14. The Morgan fingerprint density at radius 2 is 1.89 bits per heavy atom. The number of nitrogens with one attached hydrogen (secondary N) is 2. The summed E-state index contributed by atoms with van der Waals surface area (Å²) in [6.45, 7) is 0.300. The second-order valence-electron chi connectivity index (χ2n) is 7.03. The van der Waals surface area contributed by atoms with Gasteiger partial charge in [-0.25, -0.2) is 4.98 Å². The fourth-order valence-corrected chi connectivity index (χ4v) is 3.49. The number of carbonyl (C=O) groups excluding carboxylic acids is 1. The summed E-state index contributed by atoms with van der Waals surface area (Å²) in [5.41, 5.74) is 7.41. The number of hydrogen-bond acceptors (Lipinski definition) is 9. The molecular weight excluding hydrogens is 522 g/mol. The summed E-state index contributed by atoms with van der Waals surface area (Å²) < 4.78 is 6.63. The van der Waals surface area contributed by atoms with Crippen LogP contribution in [0.25, 0.3) is 11.2 Å². The average molecular weight is 543 g/mol. The molecule has 0 bridgehead atoms. The van der Waals surface area contributed by atoms with Crippen LogP contribution in [0.5, 0.6) is 0 Å². The normalized spacial score (nSPS) is 10.3. The van der Waals surface area contributed by atoms with Gasteiger partial charge in [-0.3, -0.25) is 14.3 Å². The van der Waals surface area contributed by atoms with Crippen LogP contribution in [0.3, 0.4) is 0 Å². The number of H-pyrrole nitrogens is 1. The van der Waals surface area contributed by atoms with Crippen molar-refractivity contribution in [2.45, 2.75) is 13.2 Å². The Morgan fingerprint density at radius 3 is 2.56 bits per heavy atom. The number of nitrogen functional groups attached to an aromatic ring is 1. The summed E-state index contributed by atoms with van der Waals surface area (Å²) in [6, 6.07) is 12.2. The van der Waals surface area contributed by atoms with Crippen molar-refractivity contribution in [3.05, 3.63) is 74.8 Å². The van der Waals surface area contributed by atoms with E-state index in [4.69, 9.17) is 38.8 Å². The molecule has 0 saturated carbocycles.